The molecule has 3 aromatic rings. The Hall–Kier alpha value is -2.54. The first-order valence-electron chi connectivity index (χ1n) is 7.47. The van der Waals surface area contributed by atoms with Crippen molar-refractivity contribution in [3.05, 3.63) is 57.0 Å². The van der Waals surface area contributed by atoms with Gasteiger partial charge in [0.2, 0.25) is 0 Å². The maximum Gasteiger partial charge on any atom is 0.340 e. The van der Waals surface area contributed by atoms with Gasteiger partial charge in [-0.15, -0.1) is 0 Å². The lowest BCUT2D eigenvalue weighted by atomic mass is 10.1. The van der Waals surface area contributed by atoms with Crippen LogP contribution in [0.3, 0.4) is 0 Å². The van der Waals surface area contributed by atoms with E-state index < -0.39 is 15.7 Å². The van der Waals surface area contributed by atoms with Crippen molar-refractivity contribution in [1.29, 1.82) is 0 Å². The topological polar surface area (TPSA) is 98.0 Å². The van der Waals surface area contributed by atoms with E-state index in [-0.39, 0.29) is 4.90 Å². The summed E-state index contributed by atoms with van der Waals surface area (Å²) in [5.41, 5.74) is 9.25. The van der Waals surface area contributed by atoms with Crippen molar-refractivity contribution in [3.63, 3.8) is 0 Å². The van der Waals surface area contributed by atoms with Gasteiger partial charge < -0.3 is 10.7 Å². The Balaban J connectivity index is 2.41. The van der Waals surface area contributed by atoms with Gasteiger partial charge >= 0.3 is 5.69 Å². The molecular formula is C17H19N3O3S. The zero-order valence-corrected chi connectivity index (χ0v) is 14.8. The Morgan fingerprint density at radius 3 is 2.12 bits per heavy atom. The van der Waals surface area contributed by atoms with Crippen LogP contribution in [-0.4, -0.2) is 17.4 Å². The molecule has 0 atom stereocenters. The molecular weight excluding hydrogens is 326 g/mol. The molecule has 3 rings (SSSR count). The number of nitrogen functional groups attached to an aromatic ring is 1. The van der Waals surface area contributed by atoms with Gasteiger partial charge in [-0.1, -0.05) is 17.7 Å². The van der Waals surface area contributed by atoms with Gasteiger partial charge in [0.25, 0.3) is 10.0 Å². The molecule has 3 N–H and O–H groups in total. The number of nitrogens with two attached hydrogens (primary N) is 1. The first-order valence-corrected chi connectivity index (χ1v) is 8.91. The van der Waals surface area contributed by atoms with E-state index in [0.717, 1.165) is 9.54 Å². The van der Waals surface area contributed by atoms with Gasteiger partial charge in [-0.2, -0.15) is 3.97 Å². The molecule has 7 heteroatoms. The lowest BCUT2D eigenvalue weighted by Crippen LogP contribution is -2.26. The number of anilines is 1. The maximum absolute atomic E-state index is 13.2. The van der Waals surface area contributed by atoms with E-state index in [9.17, 15) is 13.2 Å². The lowest BCUT2D eigenvalue weighted by Gasteiger charge is -2.13. The lowest BCUT2D eigenvalue weighted by molar-refractivity contribution is 0.586. The minimum Gasteiger partial charge on any atom is -0.398 e. The highest BCUT2D eigenvalue weighted by molar-refractivity contribution is 7.90. The monoisotopic (exact) mass is 345 g/mol. The Bertz CT molecular complexity index is 1110. The van der Waals surface area contributed by atoms with E-state index >= 15 is 0 Å². The smallest absolute Gasteiger partial charge is 0.340 e. The first-order chi connectivity index (χ1) is 11.1. The Morgan fingerprint density at radius 2 is 1.54 bits per heavy atom. The van der Waals surface area contributed by atoms with Crippen LogP contribution in [0.25, 0.3) is 11.0 Å². The summed E-state index contributed by atoms with van der Waals surface area (Å²) in [4.78, 5) is 15.1. The molecule has 0 unspecified atom stereocenters. The molecule has 1 heterocycles. The Labute approximate surface area is 140 Å². The predicted molar refractivity (Wildman–Crippen MR) is 94.9 cm³/mol. The number of aromatic nitrogens is 2. The SMILES string of the molecule is Cc1cc(C)c(S(=O)(=O)n2c(=O)[nH]c3cc(N)c(C)cc32)c(C)c1. The molecule has 0 radical (unpaired) electrons. The highest BCUT2D eigenvalue weighted by atomic mass is 32.2. The Morgan fingerprint density at radius 1 is 0.958 bits per heavy atom. The fraction of sp³-hybridized carbons (Fsp3) is 0.235. The van der Waals surface area contributed by atoms with E-state index in [1.165, 1.54) is 0 Å². The third-order valence-electron chi connectivity index (χ3n) is 4.13. The quantitative estimate of drug-likeness (QED) is 0.697. The molecule has 0 amide bonds. The average molecular weight is 345 g/mol. The summed E-state index contributed by atoms with van der Waals surface area (Å²) in [7, 11) is -4.03. The van der Waals surface area contributed by atoms with Crippen molar-refractivity contribution in [2.75, 3.05) is 5.73 Å². The van der Waals surface area contributed by atoms with Crippen molar-refractivity contribution in [2.45, 2.75) is 32.6 Å². The molecule has 6 nitrogen and oxygen atoms in total. The van der Waals surface area contributed by atoms with Crippen LogP contribution in [0.4, 0.5) is 5.69 Å². The number of hydrogen-bond donors (Lipinski definition) is 2. The summed E-state index contributed by atoms with van der Waals surface area (Å²) < 4.78 is 27.2. The summed E-state index contributed by atoms with van der Waals surface area (Å²) >= 11 is 0. The van der Waals surface area contributed by atoms with Crippen molar-refractivity contribution >= 4 is 26.7 Å². The number of nitrogens with zero attached hydrogens (tertiary/aromatic N) is 1. The van der Waals surface area contributed by atoms with Gasteiger partial charge in [0.05, 0.1) is 15.9 Å². The standard InChI is InChI=1S/C17H19N3O3S/c1-9-5-11(3)16(12(4)6-9)24(22,23)20-15-7-10(2)13(18)8-14(15)19-17(20)21/h5-8H,18H2,1-4H3,(H,19,21). The molecule has 0 saturated heterocycles. The molecule has 24 heavy (non-hydrogen) atoms. The van der Waals surface area contributed by atoms with Crippen LogP contribution in [0, 0.1) is 27.7 Å². The van der Waals surface area contributed by atoms with Crippen molar-refractivity contribution in [3.8, 4) is 0 Å². The molecule has 1 aromatic heterocycles. The molecule has 0 fully saturated rings. The van der Waals surface area contributed by atoms with Gasteiger partial charge in [0.15, 0.2) is 0 Å². The van der Waals surface area contributed by atoms with Gasteiger partial charge in [-0.05, 0) is 56.5 Å². The van der Waals surface area contributed by atoms with Gasteiger partial charge in [-0.25, -0.2) is 13.2 Å². The number of aromatic amines is 1. The zero-order chi connectivity index (χ0) is 17.8. The summed E-state index contributed by atoms with van der Waals surface area (Å²) in [5.74, 6) is 0. The fourth-order valence-electron chi connectivity index (χ4n) is 3.16. The largest absolute Gasteiger partial charge is 0.398 e. The second kappa shape index (κ2) is 5.24. The number of fused-ring (bicyclic) bond motifs is 1. The van der Waals surface area contributed by atoms with Crippen LogP contribution in [-0.2, 0) is 10.0 Å². The van der Waals surface area contributed by atoms with Crippen LogP contribution in [0.2, 0.25) is 0 Å². The van der Waals surface area contributed by atoms with Crippen molar-refractivity contribution in [2.24, 2.45) is 0 Å². The van der Waals surface area contributed by atoms with Crippen LogP contribution < -0.4 is 11.4 Å². The highest BCUT2D eigenvalue weighted by Crippen LogP contribution is 2.27. The van der Waals surface area contributed by atoms with E-state index in [0.29, 0.717) is 33.4 Å². The minimum absolute atomic E-state index is 0.158. The minimum atomic E-state index is -4.03. The summed E-state index contributed by atoms with van der Waals surface area (Å²) in [6.45, 7) is 7.14. The van der Waals surface area contributed by atoms with Crippen LogP contribution in [0.15, 0.2) is 34.0 Å². The number of H-pyrrole nitrogens is 1. The van der Waals surface area contributed by atoms with Crippen LogP contribution in [0.5, 0.6) is 0 Å². The number of imidazole rings is 1. The van der Waals surface area contributed by atoms with Crippen molar-refractivity contribution in [1.82, 2.24) is 8.96 Å². The fourth-order valence-corrected chi connectivity index (χ4v) is 4.94. The van der Waals surface area contributed by atoms with Crippen LogP contribution >= 0.6 is 0 Å². The molecule has 0 aliphatic carbocycles. The number of nitrogens with one attached hydrogen (secondary N) is 1. The normalized spacial score (nSPS) is 12.0. The molecule has 0 bridgehead atoms. The van der Waals surface area contributed by atoms with Crippen LogP contribution in [0.1, 0.15) is 22.3 Å². The number of hydrogen-bond acceptors (Lipinski definition) is 4. The van der Waals surface area contributed by atoms with E-state index in [1.54, 1.807) is 45.0 Å². The number of aryl methyl sites for hydroxylation is 4. The molecule has 0 aliphatic heterocycles. The van der Waals surface area contributed by atoms with E-state index in [1.807, 2.05) is 6.92 Å². The van der Waals surface area contributed by atoms with Gasteiger partial charge in [0, 0.05) is 5.69 Å². The van der Waals surface area contributed by atoms with Gasteiger partial charge in [-0.3, -0.25) is 0 Å². The summed E-state index contributed by atoms with van der Waals surface area (Å²) in [6.07, 6.45) is 0. The van der Waals surface area contributed by atoms with Crippen molar-refractivity contribution < 1.29 is 8.42 Å². The molecule has 0 spiro atoms. The van der Waals surface area contributed by atoms with Gasteiger partial charge in [0.1, 0.15) is 0 Å². The number of benzene rings is 2. The third kappa shape index (κ3) is 2.32. The first kappa shape index (κ1) is 16.3. The Kier molecular flexibility index (Phi) is 3.56. The second-order valence-electron chi connectivity index (χ2n) is 6.15. The third-order valence-corrected chi connectivity index (χ3v) is 6.14. The number of rotatable bonds is 2. The summed E-state index contributed by atoms with van der Waals surface area (Å²) in [5, 5.41) is 0. The second-order valence-corrected chi connectivity index (χ2v) is 7.88. The summed E-state index contributed by atoms with van der Waals surface area (Å²) in [6, 6.07) is 6.78. The maximum atomic E-state index is 13.2. The predicted octanol–water partition coefficient (Wildman–Crippen LogP) is 2.38. The molecule has 2 aromatic carbocycles. The van der Waals surface area contributed by atoms with E-state index in [4.69, 9.17) is 5.73 Å². The molecule has 0 saturated carbocycles. The zero-order valence-electron chi connectivity index (χ0n) is 14.0. The molecule has 126 valence electrons. The molecule has 0 aliphatic rings. The highest BCUT2D eigenvalue weighted by Gasteiger charge is 2.26. The average Bonchev–Trinajstić information content (AvgIpc) is 2.73. The van der Waals surface area contributed by atoms with E-state index in [2.05, 4.69) is 4.98 Å².